The van der Waals surface area contributed by atoms with Gasteiger partial charge in [0.15, 0.2) is 9.84 Å². The monoisotopic (exact) mass is 333 g/mol. The van der Waals surface area contributed by atoms with E-state index in [1.165, 1.54) is 0 Å². The first-order chi connectivity index (χ1) is 10.4. The van der Waals surface area contributed by atoms with E-state index >= 15 is 0 Å². The van der Waals surface area contributed by atoms with Gasteiger partial charge in [-0.15, -0.1) is 0 Å². The Morgan fingerprint density at radius 2 is 1.91 bits per heavy atom. The number of hydrogen-bond acceptors (Lipinski definition) is 6. The number of nitrogens with one attached hydrogen (secondary N) is 1. The van der Waals surface area contributed by atoms with E-state index in [4.69, 9.17) is 4.74 Å². The molecule has 2 aliphatic rings. The van der Waals surface area contributed by atoms with Crippen molar-refractivity contribution in [3.8, 4) is 0 Å². The Morgan fingerprint density at radius 1 is 1.23 bits per heavy atom. The topological polar surface area (TPSA) is 96.0 Å². The van der Waals surface area contributed by atoms with Crippen molar-refractivity contribution in [1.29, 1.82) is 0 Å². The molecule has 9 heteroatoms. The van der Waals surface area contributed by atoms with Crippen molar-refractivity contribution in [2.24, 2.45) is 0 Å². The van der Waals surface area contributed by atoms with Crippen LogP contribution in [-0.4, -0.2) is 87.1 Å². The minimum Gasteiger partial charge on any atom is -0.450 e. The second kappa shape index (κ2) is 7.28. The highest BCUT2D eigenvalue weighted by molar-refractivity contribution is 7.91. The number of hydrogen-bond donors (Lipinski definition) is 1. The molecule has 1 N–H and O–H groups in total. The molecule has 2 heterocycles. The Kier molecular flexibility index (Phi) is 5.63. The fourth-order valence-electron chi connectivity index (χ4n) is 2.69. The van der Waals surface area contributed by atoms with Crippen LogP contribution in [0.15, 0.2) is 0 Å². The first kappa shape index (κ1) is 17.0. The van der Waals surface area contributed by atoms with Gasteiger partial charge in [-0.3, -0.25) is 9.69 Å². The van der Waals surface area contributed by atoms with Gasteiger partial charge < -0.3 is 15.0 Å². The van der Waals surface area contributed by atoms with Crippen LogP contribution in [-0.2, 0) is 19.4 Å². The number of amides is 2. The molecule has 0 aromatic heterocycles. The van der Waals surface area contributed by atoms with Gasteiger partial charge in [0.05, 0.1) is 24.7 Å². The fourth-order valence-corrected chi connectivity index (χ4v) is 4.36. The minimum absolute atomic E-state index is 0.0371. The molecule has 0 aromatic carbocycles. The third-order valence-corrected chi connectivity index (χ3v) is 5.63. The molecule has 0 aliphatic carbocycles. The zero-order valence-electron chi connectivity index (χ0n) is 12.8. The molecule has 0 saturated carbocycles. The fraction of sp³-hybridized carbons (Fsp3) is 0.846. The van der Waals surface area contributed by atoms with E-state index < -0.39 is 9.84 Å². The average Bonchev–Trinajstić information content (AvgIpc) is 2.78. The second-order valence-corrected chi connectivity index (χ2v) is 7.86. The van der Waals surface area contributed by atoms with Gasteiger partial charge in [0.25, 0.3) is 0 Å². The van der Waals surface area contributed by atoms with Gasteiger partial charge >= 0.3 is 6.09 Å². The van der Waals surface area contributed by atoms with Crippen LogP contribution in [0.5, 0.6) is 0 Å². The van der Waals surface area contributed by atoms with Crippen molar-refractivity contribution < 1.29 is 22.7 Å². The van der Waals surface area contributed by atoms with Gasteiger partial charge in [-0.1, -0.05) is 0 Å². The molecule has 0 bridgehead atoms. The summed E-state index contributed by atoms with van der Waals surface area (Å²) in [6, 6.07) is -0.265. The molecule has 22 heavy (non-hydrogen) atoms. The summed E-state index contributed by atoms with van der Waals surface area (Å²) in [6.45, 7) is 4.62. The van der Waals surface area contributed by atoms with Gasteiger partial charge in [-0.25, -0.2) is 13.2 Å². The quantitative estimate of drug-likeness (QED) is 0.714. The molecule has 0 spiro atoms. The van der Waals surface area contributed by atoms with Crippen LogP contribution in [0.25, 0.3) is 0 Å². The summed E-state index contributed by atoms with van der Waals surface area (Å²) < 4.78 is 27.6. The molecule has 1 atom stereocenters. The van der Waals surface area contributed by atoms with E-state index in [-0.39, 0.29) is 36.1 Å². The number of carbonyl (C=O) groups is 2. The SMILES string of the molecule is CCOC(=O)N1CCN(CC(=O)NC2CCS(=O)(=O)C2)CC1. The number of piperazine rings is 1. The summed E-state index contributed by atoms with van der Waals surface area (Å²) >= 11 is 0. The van der Waals surface area contributed by atoms with Crippen molar-refractivity contribution >= 4 is 21.8 Å². The van der Waals surface area contributed by atoms with Crippen LogP contribution < -0.4 is 5.32 Å². The Morgan fingerprint density at radius 3 is 2.45 bits per heavy atom. The summed E-state index contributed by atoms with van der Waals surface area (Å²) in [5.41, 5.74) is 0. The van der Waals surface area contributed by atoms with Crippen molar-refractivity contribution in [3.63, 3.8) is 0 Å². The highest BCUT2D eigenvalue weighted by Crippen LogP contribution is 2.11. The molecule has 2 saturated heterocycles. The van der Waals surface area contributed by atoms with Gasteiger partial charge in [-0.05, 0) is 13.3 Å². The zero-order chi connectivity index (χ0) is 16.2. The summed E-state index contributed by atoms with van der Waals surface area (Å²) in [5, 5.41) is 2.77. The lowest BCUT2D eigenvalue weighted by molar-refractivity contribution is -0.123. The van der Waals surface area contributed by atoms with E-state index in [0.717, 1.165) is 0 Å². The Balaban J connectivity index is 1.70. The van der Waals surface area contributed by atoms with E-state index in [1.54, 1.807) is 11.8 Å². The van der Waals surface area contributed by atoms with Gasteiger partial charge in [-0.2, -0.15) is 0 Å². The molecule has 0 aromatic rings. The maximum absolute atomic E-state index is 11.9. The van der Waals surface area contributed by atoms with Crippen LogP contribution in [0, 0.1) is 0 Å². The predicted octanol–water partition coefficient (Wildman–Crippen LogP) is -0.936. The lowest BCUT2D eigenvalue weighted by Crippen LogP contribution is -2.52. The Labute approximate surface area is 130 Å². The smallest absolute Gasteiger partial charge is 0.409 e. The number of ether oxygens (including phenoxy) is 1. The molecular weight excluding hydrogens is 310 g/mol. The molecule has 126 valence electrons. The summed E-state index contributed by atoms with van der Waals surface area (Å²) in [5.74, 6) is 0.0256. The highest BCUT2D eigenvalue weighted by atomic mass is 32.2. The van der Waals surface area contributed by atoms with E-state index in [0.29, 0.717) is 39.2 Å². The maximum atomic E-state index is 11.9. The third-order valence-electron chi connectivity index (χ3n) is 3.86. The molecule has 8 nitrogen and oxygen atoms in total. The second-order valence-electron chi connectivity index (χ2n) is 5.63. The summed E-state index contributed by atoms with van der Waals surface area (Å²) in [4.78, 5) is 27.1. The molecule has 2 fully saturated rings. The van der Waals surface area contributed by atoms with Crippen LogP contribution >= 0.6 is 0 Å². The van der Waals surface area contributed by atoms with Crippen LogP contribution in [0.2, 0.25) is 0 Å². The first-order valence-corrected chi connectivity index (χ1v) is 9.35. The summed E-state index contributed by atoms with van der Waals surface area (Å²) in [7, 11) is -2.98. The van der Waals surface area contributed by atoms with Gasteiger partial charge in [0, 0.05) is 32.2 Å². The van der Waals surface area contributed by atoms with Gasteiger partial charge in [0.2, 0.25) is 5.91 Å². The molecule has 2 amide bonds. The standard InChI is InChI=1S/C13H23N3O5S/c1-2-21-13(18)16-6-4-15(5-7-16)9-12(17)14-11-3-8-22(19,20)10-11/h11H,2-10H2,1H3,(H,14,17). The number of sulfone groups is 1. The van der Waals surface area contributed by atoms with E-state index in [9.17, 15) is 18.0 Å². The largest absolute Gasteiger partial charge is 0.450 e. The number of rotatable bonds is 4. The first-order valence-electron chi connectivity index (χ1n) is 7.53. The molecule has 2 rings (SSSR count). The zero-order valence-corrected chi connectivity index (χ0v) is 13.6. The minimum atomic E-state index is -2.98. The third kappa shape index (κ3) is 4.84. The van der Waals surface area contributed by atoms with Crippen LogP contribution in [0.1, 0.15) is 13.3 Å². The summed E-state index contributed by atoms with van der Waals surface area (Å²) in [6.07, 6.45) is 0.174. The lowest BCUT2D eigenvalue weighted by atomic mass is 10.2. The van der Waals surface area contributed by atoms with E-state index in [1.807, 2.05) is 4.90 Å². The van der Waals surface area contributed by atoms with Crippen molar-refractivity contribution in [3.05, 3.63) is 0 Å². The number of carbonyl (C=O) groups excluding carboxylic acids is 2. The Bertz CT molecular complexity index is 514. The van der Waals surface area contributed by atoms with Crippen molar-refractivity contribution in [1.82, 2.24) is 15.1 Å². The van der Waals surface area contributed by atoms with Crippen LogP contribution in [0.3, 0.4) is 0 Å². The highest BCUT2D eigenvalue weighted by Gasteiger charge is 2.29. The number of nitrogens with zero attached hydrogens (tertiary/aromatic N) is 2. The predicted molar refractivity (Wildman–Crippen MR) is 80.2 cm³/mol. The Hall–Kier alpha value is -1.35. The van der Waals surface area contributed by atoms with Crippen molar-refractivity contribution in [2.45, 2.75) is 19.4 Å². The molecular formula is C13H23N3O5S. The maximum Gasteiger partial charge on any atom is 0.409 e. The average molecular weight is 333 g/mol. The lowest BCUT2D eigenvalue weighted by Gasteiger charge is -2.33. The van der Waals surface area contributed by atoms with E-state index in [2.05, 4.69) is 5.32 Å². The molecule has 2 aliphatic heterocycles. The van der Waals surface area contributed by atoms with Gasteiger partial charge in [0.1, 0.15) is 0 Å². The van der Waals surface area contributed by atoms with Crippen molar-refractivity contribution in [2.75, 3.05) is 50.8 Å². The normalized spacial score (nSPS) is 25.0. The molecule has 0 radical (unpaired) electrons. The molecule has 1 unspecified atom stereocenters. The van der Waals surface area contributed by atoms with Crippen LogP contribution in [0.4, 0.5) is 4.79 Å².